The van der Waals surface area contributed by atoms with Crippen molar-refractivity contribution in [1.82, 2.24) is 4.72 Å². The lowest BCUT2D eigenvalue weighted by Gasteiger charge is -2.27. The minimum atomic E-state index is -3.43. The van der Waals surface area contributed by atoms with Crippen molar-refractivity contribution in [1.29, 1.82) is 5.26 Å². The maximum absolute atomic E-state index is 11.7. The third kappa shape index (κ3) is 6.88. The molecule has 0 aromatic heterocycles. The van der Waals surface area contributed by atoms with E-state index in [4.69, 9.17) is 32.7 Å². The molecule has 1 N–H and O–H groups in total. The fraction of sp³-hybridized carbons (Fsp3) is 0.300. The smallest absolute Gasteiger partial charge is 0.232 e. The number of ether oxygens (including phenoxy) is 2. The molecule has 0 atom stereocenters. The summed E-state index contributed by atoms with van der Waals surface area (Å²) in [7, 11) is -3.43. The highest BCUT2D eigenvalue weighted by molar-refractivity contribution is 7.88. The first-order chi connectivity index (χ1) is 18.5. The van der Waals surface area contributed by atoms with Crippen molar-refractivity contribution in [2.45, 2.75) is 38.5 Å². The Labute approximate surface area is 240 Å². The van der Waals surface area contributed by atoms with E-state index in [1.807, 2.05) is 24.3 Å². The molecule has 0 bridgehead atoms. The number of sulfonamides is 1. The fourth-order valence-corrected chi connectivity index (χ4v) is 5.40. The number of hydrogen-bond donors (Lipinski definition) is 1. The zero-order valence-electron chi connectivity index (χ0n) is 22.1. The van der Waals surface area contributed by atoms with Gasteiger partial charge < -0.3 is 9.47 Å². The van der Waals surface area contributed by atoms with Crippen molar-refractivity contribution in [2.75, 3.05) is 18.7 Å². The molecule has 204 valence electrons. The zero-order valence-corrected chi connectivity index (χ0v) is 24.4. The van der Waals surface area contributed by atoms with Crippen LogP contribution in [0.2, 0.25) is 5.02 Å². The molecule has 0 amide bonds. The Morgan fingerprint density at radius 1 is 1.08 bits per heavy atom. The monoisotopic (exact) mass is 584 g/mol. The van der Waals surface area contributed by atoms with Crippen molar-refractivity contribution >= 4 is 33.2 Å². The number of nitrogens with one attached hydrogen (secondary N) is 1. The van der Waals surface area contributed by atoms with Crippen LogP contribution < -0.4 is 14.2 Å². The first-order valence-corrected chi connectivity index (χ1v) is 15.3. The summed E-state index contributed by atoms with van der Waals surface area (Å²) in [5.74, 6) is 1.53. The summed E-state index contributed by atoms with van der Waals surface area (Å²) in [5.41, 5.74) is 5.03. The number of aryl methyl sites for hydroxylation is 1. The van der Waals surface area contributed by atoms with Crippen LogP contribution in [-0.4, -0.2) is 27.2 Å². The second kappa shape index (κ2) is 11.9. The van der Waals surface area contributed by atoms with Crippen molar-refractivity contribution in [2.24, 2.45) is 0 Å². The van der Waals surface area contributed by atoms with E-state index in [2.05, 4.69) is 55.0 Å². The molecule has 0 saturated carbocycles. The Kier molecular flexibility index (Phi) is 8.80. The molecule has 1 aliphatic heterocycles. The van der Waals surface area contributed by atoms with Gasteiger partial charge >= 0.3 is 0 Å². The van der Waals surface area contributed by atoms with E-state index in [-0.39, 0.29) is 12.5 Å². The summed E-state index contributed by atoms with van der Waals surface area (Å²) < 4.78 is 37.3. The highest BCUT2D eigenvalue weighted by Gasteiger charge is 2.26. The van der Waals surface area contributed by atoms with Gasteiger partial charge in [0.15, 0.2) is 5.75 Å². The van der Waals surface area contributed by atoms with Gasteiger partial charge in [-0.25, -0.2) is 8.42 Å². The first kappa shape index (κ1) is 28.8. The number of nitriles is 1. The van der Waals surface area contributed by atoms with Crippen molar-refractivity contribution < 1.29 is 17.9 Å². The predicted octanol–water partition coefficient (Wildman–Crippen LogP) is 6.93. The molecule has 3 aromatic rings. The molecule has 1 heterocycles. The minimum Gasteiger partial charge on any atom is -0.489 e. The highest BCUT2D eigenvalue weighted by atomic mass is 35.5. The van der Waals surface area contributed by atoms with E-state index in [1.165, 1.54) is 0 Å². The number of benzene rings is 3. The van der Waals surface area contributed by atoms with Gasteiger partial charge in [-0.2, -0.15) is 5.26 Å². The minimum absolute atomic E-state index is 0.232. The third-order valence-corrected chi connectivity index (χ3v) is 7.70. The molecule has 6 nitrogen and oxygen atoms in total. The first-order valence-electron chi connectivity index (χ1n) is 12.5. The standard InChI is InChI=1S/C30H30Cl2N2O4S/c1-30(2,25-17-23(19-33)29(26(32)18-25)37-15-14-31)24-11-8-20(9-12-24)21-10-13-27-22(16-21)6-4-5-7-28(38-27)34-39(3,35)36/h7-13,16-18,34H,4-6,14-15H2,1-3H3/b28-7+. The molecule has 0 unspecified atom stereocenters. The lowest BCUT2D eigenvalue weighted by Crippen LogP contribution is -2.25. The van der Waals surface area contributed by atoms with E-state index in [0.29, 0.717) is 34.4 Å². The second-order valence-electron chi connectivity index (χ2n) is 9.95. The van der Waals surface area contributed by atoms with E-state index in [0.717, 1.165) is 46.9 Å². The number of hydrogen-bond acceptors (Lipinski definition) is 5. The quantitative estimate of drug-likeness (QED) is 0.290. The molecular formula is C30H30Cl2N2O4S. The molecule has 9 heteroatoms. The SMILES string of the molecule is CC(C)(c1ccc(-c2ccc3c(c2)CCC/C=C(\NS(C)(=O)=O)O3)cc1)c1cc(Cl)c(OCCCl)c(C#N)c1. The van der Waals surface area contributed by atoms with Gasteiger partial charge in [-0.05, 0) is 77.4 Å². The lowest BCUT2D eigenvalue weighted by atomic mass is 9.77. The Bertz CT molecular complexity index is 1540. The maximum atomic E-state index is 11.7. The van der Waals surface area contributed by atoms with Crippen LogP contribution in [0, 0.1) is 11.3 Å². The zero-order chi connectivity index (χ0) is 28.2. The number of allylic oxidation sites excluding steroid dienone is 1. The van der Waals surface area contributed by atoms with Crippen LogP contribution >= 0.6 is 23.2 Å². The highest BCUT2D eigenvalue weighted by Crippen LogP contribution is 2.39. The van der Waals surface area contributed by atoms with Crippen molar-refractivity contribution in [3.05, 3.63) is 93.8 Å². The molecule has 0 fully saturated rings. The van der Waals surface area contributed by atoms with Gasteiger partial charge in [-0.3, -0.25) is 4.72 Å². The van der Waals surface area contributed by atoms with E-state index >= 15 is 0 Å². The lowest BCUT2D eigenvalue weighted by molar-refractivity contribution is 0.341. The van der Waals surface area contributed by atoms with Gasteiger partial charge in [0.25, 0.3) is 0 Å². The van der Waals surface area contributed by atoms with Crippen LogP contribution in [0.3, 0.4) is 0 Å². The average molecular weight is 586 g/mol. The summed E-state index contributed by atoms with van der Waals surface area (Å²) in [6, 6.07) is 20.1. The Morgan fingerprint density at radius 3 is 2.46 bits per heavy atom. The average Bonchev–Trinajstić information content (AvgIpc) is 2.88. The van der Waals surface area contributed by atoms with Crippen LogP contribution in [0.4, 0.5) is 0 Å². The molecule has 1 aliphatic rings. The molecule has 39 heavy (non-hydrogen) atoms. The Balaban J connectivity index is 1.60. The number of fused-ring (bicyclic) bond motifs is 1. The number of alkyl halides is 1. The van der Waals surface area contributed by atoms with Crippen molar-refractivity contribution in [3.8, 4) is 28.7 Å². The largest absolute Gasteiger partial charge is 0.489 e. The molecule has 0 radical (unpaired) electrons. The summed E-state index contributed by atoms with van der Waals surface area (Å²) in [4.78, 5) is 0. The summed E-state index contributed by atoms with van der Waals surface area (Å²) in [6.45, 7) is 4.45. The third-order valence-electron chi connectivity index (χ3n) is 6.70. The normalized spacial score (nSPS) is 15.0. The van der Waals surface area contributed by atoms with Crippen LogP contribution in [-0.2, 0) is 21.9 Å². The molecule has 0 saturated heterocycles. The number of rotatable bonds is 8. The molecule has 0 spiro atoms. The fourth-order valence-electron chi connectivity index (χ4n) is 4.56. The molecule has 0 aliphatic carbocycles. The van der Waals surface area contributed by atoms with Gasteiger partial charge in [0, 0.05) is 5.41 Å². The number of nitrogens with zero attached hydrogens (tertiary/aromatic N) is 1. The van der Waals surface area contributed by atoms with Crippen LogP contribution in [0.25, 0.3) is 11.1 Å². The molecule has 4 rings (SSSR count). The summed E-state index contributed by atoms with van der Waals surface area (Å²) in [5, 5.41) is 10.1. The van der Waals surface area contributed by atoms with Crippen molar-refractivity contribution in [3.63, 3.8) is 0 Å². The van der Waals surface area contributed by atoms with E-state index in [9.17, 15) is 13.7 Å². The second-order valence-corrected chi connectivity index (χ2v) is 12.5. The molecular weight excluding hydrogens is 555 g/mol. The topological polar surface area (TPSA) is 88.4 Å². The Morgan fingerprint density at radius 2 is 1.79 bits per heavy atom. The summed E-state index contributed by atoms with van der Waals surface area (Å²) in [6.07, 6.45) is 5.29. The van der Waals surface area contributed by atoms with Gasteiger partial charge in [-0.1, -0.05) is 55.8 Å². The maximum Gasteiger partial charge on any atom is 0.232 e. The van der Waals surface area contributed by atoms with Crippen LogP contribution in [0.5, 0.6) is 11.5 Å². The van der Waals surface area contributed by atoms with Gasteiger partial charge in [0.2, 0.25) is 15.9 Å². The molecule has 3 aromatic carbocycles. The summed E-state index contributed by atoms with van der Waals surface area (Å²) >= 11 is 12.2. The predicted molar refractivity (Wildman–Crippen MR) is 156 cm³/mol. The Hall–Kier alpha value is -3.18. The van der Waals surface area contributed by atoms with Gasteiger partial charge in [0.1, 0.15) is 18.4 Å². The van der Waals surface area contributed by atoms with E-state index < -0.39 is 15.4 Å². The van der Waals surface area contributed by atoms with E-state index in [1.54, 1.807) is 6.08 Å². The number of halogens is 2. The van der Waals surface area contributed by atoms with Gasteiger partial charge in [0.05, 0.1) is 22.7 Å². The van der Waals surface area contributed by atoms with Gasteiger partial charge in [-0.15, -0.1) is 11.6 Å². The van der Waals surface area contributed by atoms with Crippen LogP contribution in [0.15, 0.2) is 66.6 Å². The van der Waals surface area contributed by atoms with Crippen LogP contribution in [0.1, 0.15) is 48.9 Å².